The van der Waals surface area contributed by atoms with Gasteiger partial charge in [-0.15, -0.1) is 0 Å². The normalized spacial score (nSPS) is 12.5. The molecule has 0 aliphatic rings. The van der Waals surface area contributed by atoms with Crippen LogP contribution in [0.25, 0.3) is 0 Å². The van der Waals surface area contributed by atoms with Crippen molar-refractivity contribution in [1.29, 1.82) is 0 Å². The van der Waals surface area contributed by atoms with E-state index in [4.69, 9.17) is 5.11 Å². The van der Waals surface area contributed by atoms with Crippen molar-refractivity contribution in [3.63, 3.8) is 0 Å². The molecular formula is C9H14BrN3O. The Morgan fingerprint density at radius 2 is 2.43 bits per heavy atom. The summed E-state index contributed by atoms with van der Waals surface area (Å²) in [6, 6.07) is 0. The lowest BCUT2D eigenvalue weighted by atomic mass is 10.2. The van der Waals surface area contributed by atoms with Crippen molar-refractivity contribution >= 4 is 21.7 Å². The second-order valence-electron chi connectivity index (χ2n) is 3.14. The minimum Gasteiger partial charge on any atom is -0.393 e. The Kier molecular flexibility index (Phi) is 4.82. The zero-order valence-corrected chi connectivity index (χ0v) is 9.66. The molecule has 0 aromatic carbocycles. The van der Waals surface area contributed by atoms with E-state index in [1.54, 1.807) is 13.1 Å². The van der Waals surface area contributed by atoms with Gasteiger partial charge in [-0.2, -0.15) is 0 Å². The van der Waals surface area contributed by atoms with Crippen LogP contribution < -0.4 is 5.32 Å². The molecule has 0 saturated carbocycles. The Balaban J connectivity index is 2.28. The van der Waals surface area contributed by atoms with Crippen molar-refractivity contribution < 1.29 is 5.11 Å². The van der Waals surface area contributed by atoms with Crippen molar-refractivity contribution in [2.75, 3.05) is 11.9 Å². The highest BCUT2D eigenvalue weighted by Gasteiger charge is 1.99. The number of aromatic nitrogens is 2. The second-order valence-corrected chi connectivity index (χ2v) is 3.99. The van der Waals surface area contributed by atoms with Crippen LogP contribution in [0.3, 0.4) is 0 Å². The molecule has 0 saturated heterocycles. The third-order valence-corrected chi connectivity index (χ3v) is 2.34. The van der Waals surface area contributed by atoms with Gasteiger partial charge in [0.1, 0.15) is 12.1 Å². The first kappa shape index (κ1) is 11.4. The van der Waals surface area contributed by atoms with Crippen LogP contribution in [0, 0.1) is 0 Å². The summed E-state index contributed by atoms with van der Waals surface area (Å²) in [5.41, 5.74) is 0. The number of nitrogens with one attached hydrogen (secondary N) is 1. The highest BCUT2D eigenvalue weighted by Crippen LogP contribution is 2.16. The molecule has 0 spiro atoms. The summed E-state index contributed by atoms with van der Waals surface area (Å²) >= 11 is 3.34. The standard InChI is InChI=1S/C9H14BrN3O/c1-7(14)3-2-4-12-9-8(10)5-11-6-13-9/h5-7,14H,2-4H2,1H3,(H,11,12,13). The molecule has 2 N–H and O–H groups in total. The highest BCUT2D eigenvalue weighted by molar-refractivity contribution is 9.10. The molecule has 0 bridgehead atoms. The maximum Gasteiger partial charge on any atom is 0.143 e. The predicted molar refractivity (Wildman–Crippen MR) is 59.1 cm³/mol. The molecule has 1 aromatic rings. The van der Waals surface area contributed by atoms with Crippen molar-refractivity contribution in [2.24, 2.45) is 0 Å². The third kappa shape index (κ3) is 4.02. The summed E-state index contributed by atoms with van der Waals surface area (Å²) in [7, 11) is 0. The van der Waals surface area contributed by atoms with E-state index in [9.17, 15) is 0 Å². The second kappa shape index (κ2) is 5.93. The monoisotopic (exact) mass is 259 g/mol. The Bertz CT molecular complexity index is 281. The first-order valence-corrected chi connectivity index (χ1v) is 5.37. The van der Waals surface area contributed by atoms with E-state index >= 15 is 0 Å². The van der Waals surface area contributed by atoms with Gasteiger partial charge in [0, 0.05) is 12.7 Å². The van der Waals surface area contributed by atoms with E-state index in [1.807, 2.05) is 0 Å². The topological polar surface area (TPSA) is 58.0 Å². The molecule has 0 aliphatic carbocycles. The van der Waals surface area contributed by atoms with Gasteiger partial charge >= 0.3 is 0 Å². The summed E-state index contributed by atoms with van der Waals surface area (Å²) < 4.78 is 0.858. The van der Waals surface area contributed by atoms with Crippen LogP contribution in [-0.4, -0.2) is 27.7 Å². The number of rotatable bonds is 5. The van der Waals surface area contributed by atoms with E-state index in [-0.39, 0.29) is 6.10 Å². The Labute approximate surface area is 91.9 Å². The van der Waals surface area contributed by atoms with E-state index in [0.29, 0.717) is 0 Å². The molecule has 78 valence electrons. The quantitative estimate of drug-likeness (QED) is 0.793. The number of hydrogen-bond donors (Lipinski definition) is 2. The Hall–Kier alpha value is -0.680. The van der Waals surface area contributed by atoms with Gasteiger partial charge in [0.05, 0.1) is 10.6 Å². The molecule has 4 nitrogen and oxygen atoms in total. The fourth-order valence-corrected chi connectivity index (χ4v) is 1.41. The molecule has 1 atom stereocenters. The lowest BCUT2D eigenvalue weighted by Gasteiger charge is -2.07. The smallest absolute Gasteiger partial charge is 0.143 e. The fraction of sp³-hybridized carbons (Fsp3) is 0.556. The van der Waals surface area contributed by atoms with Gasteiger partial charge in [-0.25, -0.2) is 9.97 Å². The van der Waals surface area contributed by atoms with E-state index in [1.165, 1.54) is 6.33 Å². The predicted octanol–water partition coefficient (Wildman–Crippen LogP) is 1.81. The van der Waals surface area contributed by atoms with Crippen molar-refractivity contribution in [3.8, 4) is 0 Å². The van der Waals surface area contributed by atoms with Crippen molar-refractivity contribution in [2.45, 2.75) is 25.9 Å². The average molecular weight is 260 g/mol. The highest BCUT2D eigenvalue weighted by atomic mass is 79.9. The van der Waals surface area contributed by atoms with Gasteiger partial charge < -0.3 is 10.4 Å². The van der Waals surface area contributed by atoms with Crippen molar-refractivity contribution in [1.82, 2.24) is 9.97 Å². The SMILES string of the molecule is CC(O)CCCNc1ncncc1Br. The van der Waals surface area contributed by atoms with Gasteiger partial charge in [0.25, 0.3) is 0 Å². The minimum atomic E-state index is -0.231. The van der Waals surface area contributed by atoms with Crippen LogP contribution >= 0.6 is 15.9 Å². The summed E-state index contributed by atoms with van der Waals surface area (Å²) in [4.78, 5) is 7.93. The Morgan fingerprint density at radius 1 is 1.64 bits per heavy atom. The number of aliphatic hydroxyl groups excluding tert-OH is 1. The molecule has 0 radical (unpaired) electrons. The van der Waals surface area contributed by atoms with Crippen LogP contribution in [-0.2, 0) is 0 Å². The van der Waals surface area contributed by atoms with Gasteiger partial charge in [0.15, 0.2) is 0 Å². The lowest BCUT2D eigenvalue weighted by molar-refractivity contribution is 0.183. The molecule has 0 aliphatic heterocycles. The first-order valence-electron chi connectivity index (χ1n) is 4.57. The van der Waals surface area contributed by atoms with Crippen molar-refractivity contribution in [3.05, 3.63) is 17.0 Å². The Morgan fingerprint density at radius 3 is 3.07 bits per heavy atom. The molecule has 0 fully saturated rings. The van der Waals surface area contributed by atoms with Crippen LogP contribution in [0.15, 0.2) is 17.0 Å². The molecule has 1 rings (SSSR count). The zero-order chi connectivity index (χ0) is 10.4. The first-order chi connectivity index (χ1) is 6.70. The third-order valence-electron chi connectivity index (χ3n) is 1.76. The maximum absolute atomic E-state index is 9.04. The summed E-state index contributed by atoms with van der Waals surface area (Å²) in [6.45, 7) is 2.60. The van der Waals surface area contributed by atoms with Gasteiger partial charge in [-0.3, -0.25) is 0 Å². The fourth-order valence-electron chi connectivity index (χ4n) is 1.05. The molecule has 0 amide bonds. The summed E-state index contributed by atoms with van der Waals surface area (Å²) in [5, 5.41) is 12.2. The largest absolute Gasteiger partial charge is 0.393 e. The van der Waals surface area contributed by atoms with Crippen LogP contribution in [0.2, 0.25) is 0 Å². The molecular weight excluding hydrogens is 246 g/mol. The maximum atomic E-state index is 9.04. The zero-order valence-electron chi connectivity index (χ0n) is 8.07. The molecule has 1 aromatic heterocycles. The summed E-state index contributed by atoms with van der Waals surface area (Å²) in [5.74, 6) is 0.797. The van der Waals surface area contributed by atoms with Gasteiger partial charge in [0.2, 0.25) is 0 Å². The minimum absolute atomic E-state index is 0.231. The van der Waals surface area contributed by atoms with Crippen LogP contribution in [0.5, 0.6) is 0 Å². The number of halogens is 1. The average Bonchev–Trinajstić information content (AvgIpc) is 2.15. The molecule has 1 heterocycles. The van der Waals surface area contributed by atoms with E-state index < -0.39 is 0 Å². The van der Waals surface area contributed by atoms with Crippen LogP contribution in [0.1, 0.15) is 19.8 Å². The summed E-state index contributed by atoms with van der Waals surface area (Å²) in [6.07, 6.45) is 4.70. The number of hydrogen-bond acceptors (Lipinski definition) is 4. The van der Waals surface area contributed by atoms with Gasteiger partial charge in [-0.05, 0) is 35.7 Å². The van der Waals surface area contributed by atoms with Crippen LogP contribution in [0.4, 0.5) is 5.82 Å². The van der Waals surface area contributed by atoms with E-state index in [0.717, 1.165) is 29.7 Å². The lowest BCUT2D eigenvalue weighted by Crippen LogP contribution is -2.07. The number of anilines is 1. The molecule has 14 heavy (non-hydrogen) atoms. The van der Waals surface area contributed by atoms with E-state index in [2.05, 4.69) is 31.2 Å². The van der Waals surface area contributed by atoms with Gasteiger partial charge in [-0.1, -0.05) is 0 Å². The molecule has 5 heteroatoms. The number of nitrogens with zero attached hydrogens (tertiary/aromatic N) is 2. The number of aliphatic hydroxyl groups is 1. The molecule has 1 unspecified atom stereocenters.